The Labute approximate surface area is 133 Å². The van der Waals surface area contributed by atoms with Crippen molar-refractivity contribution in [2.24, 2.45) is 0 Å². The molecule has 0 aromatic carbocycles. The van der Waals surface area contributed by atoms with Crippen molar-refractivity contribution in [2.75, 3.05) is 13.1 Å². The van der Waals surface area contributed by atoms with E-state index in [2.05, 4.69) is 19.6 Å². The third-order valence-corrected chi connectivity index (χ3v) is 4.74. The molecule has 0 saturated carbocycles. The molecule has 0 N–H and O–H groups in total. The number of aromatic nitrogens is 4. The first-order valence-corrected chi connectivity index (χ1v) is 8.35. The van der Waals surface area contributed by atoms with Crippen molar-refractivity contribution in [3.05, 3.63) is 34.4 Å². The number of piperidine rings is 1. The predicted octanol–water partition coefficient (Wildman–Crippen LogP) is 2.22. The van der Waals surface area contributed by atoms with E-state index in [-0.39, 0.29) is 11.8 Å². The average Bonchev–Trinajstić information content (AvgIpc) is 3.03. The Bertz CT molecular complexity index is 671. The van der Waals surface area contributed by atoms with E-state index in [4.69, 9.17) is 0 Å². The highest BCUT2D eigenvalue weighted by atomic mass is 32.1. The Morgan fingerprint density at radius 1 is 1.45 bits per heavy atom. The summed E-state index contributed by atoms with van der Waals surface area (Å²) in [5, 5.41) is 4.04. The predicted molar refractivity (Wildman–Crippen MR) is 83.9 cm³/mol. The zero-order valence-electron chi connectivity index (χ0n) is 12.8. The van der Waals surface area contributed by atoms with Gasteiger partial charge in [-0.25, -0.2) is 0 Å². The highest BCUT2D eigenvalue weighted by Gasteiger charge is 2.28. The van der Waals surface area contributed by atoms with Gasteiger partial charge in [0.2, 0.25) is 0 Å². The molecule has 2 aromatic heterocycles. The van der Waals surface area contributed by atoms with Gasteiger partial charge >= 0.3 is 0 Å². The molecule has 1 fully saturated rings. The Morgan fingerprint density at radius 3 is 3.09 bits per heavy atom. The van der Waals surface area contributed by atoms with Gasteiger partial charge in [0, 0.05) is 31.4 Å². The zero-order valence-corrected chi connectivity index (χ0v) is 13.6. The second kappa shape index (κ2) is 6.48. The lowest BCUT2D eigenvalue weighted by Crippen LogP contribution is -2.39. The van der Waals surface area contributed by atoms with Gasteiger partial charge in [0.05, 0.1) is 17.1 Å². The van der Waals surface area contributed by atoms with Crippen LogP contribution < -0.4 is 0 Å². The van der Waals surface area contributed by atoms with Crippen LogP contribution in [0.1, 0.15) is 52.4 Å². The number of hydrogen-bond donors (Lipinski definition) is 0. The molecule has 1 atom stereocenters. The van der Waals surface area contributed by atoms with E-state index in [1.165, 1.54) is 11.5 Å². The molecule has 1 unspecified atom stereocenters. The van der Waals surface area contributed by atoms with Gasteiger partial charge in [-0.1, -0.05) is 11.4 Å². The van der Waals surface area contributed by atoms with Crippen LogP contribution in [0.15, 0.2) is 12.4 Å². The van der Waals surface area contributed by atoms with Gasteiger partial charge < -0.3 is 4.90 Å². The Hall–Kier alpha value is -1.89. The largest absolute Gasteiger partial charge is 0.337 e. The summed E-state index contributed by atoms with van der Waals surface area (Å²) in [7, 11) is 0. The van der Waals surface area contributed by atoms with Gasteiger partial charge in [0.25, 0.3) is 5.91 Å². The minimum atomic E-state index is 0.0529. The number of rotatable bonds is 3. The van der Waals surface area contributed by atoms with Crippen LogP contribution >= 0.6 is 11.5 Å². The van der Waals surface area contributed by atoms with E-state index in [9.17, 15) is 4.79 Å². The molecule has 2 aromatic rings. The molecule has 1 aliphatic heterocycles. The molecule has 1 amide bonds. The van der Waals surface area contributed by atoms with Crippen molar-refractivity contribution in [1.29, 1.82) is 0 Å². The van der Waals surface area contributed by atoms with Gasteiger partial charge in [0.15, 0.2) is 0 Å². The summed E-state index contributed by atoms with van der Waals surface area (Å²) < 4.78 is 3.92. The van der Waals surface area contributed by atoms with Crippen LogP contribution in [0.5, 0.6) is 0 Å². The van der Waals surface area contributed by atoms with Crippen LogP contribution in [-0.2, 0) is 6.42 Å². The third kappa shape index (κ3) is 2.99. The molecule has 0 spiro atoms. The molecule has 7 heteroatoms. The van der Waals surface area contributed by atoms with Gasteiger partial charge in [-0.3, -0.25) is 14.8 Å². The molecular formula is C15H19N5OS. The second-order valence-electron chi connectivity index (χ2n) is 5.58. The van der Waals surface area contributed by atoms with Crippen LogP contribution in [0.4, 0.5) is 0 Å². The summed E-state index contributed by atoms with van der Waals surface area (Å²) in [6.45, 7) is 5.42. The van der Waals surface area contributed by atoms with Crippen molar-refractivity contribution < 1.29 is 4.79 Å². The quantitative estimate of drug-likeness (QED) is 0.868. The fraction of sp³-hybridized carbons (Fsp3) is 0.533. The highest BCUT2D eigenvalue weighted by molar-refractivity contribution is 7.08. The van der Waals surface area contributed by atoms with Crippen LogP contribution in [-0.4, -0.2) is 43.5 Å². The lowest BCUT2D eigenvalue weighted by molar-refractivity contribution is 0.0709. The monoisotopic (exact) mass is 317 g/mol. The van der Waals surface area contributed by atoms with E-state index in [0.717, 1.165) is 42.9 Å². The number of hydrogen-bond acceptors (Lipinski definition) is 6. The van der Waals surface area contributed by atoms with E-state index in [0.29, 0.717) is 11.4 Å². The number of aryl methyl sites for hydroxylation is 2. The first-order valence-electron chi connectivity index (χ1n) is 7.58. The number of amides is 1. The number of nitrogens with zero attached hydrogens (tertiary/aromatic N) is 5. The minimum Gasteiger partial charge on any atom is -0.337 e. The van der Waals surface area contributed by atoms with Crippen LogP contribution in [0.25, 0.3) is 0 Å². The fourth-order valence-corrected chi connectivity index (χ4v) is 3.55. The third-order valence-electron chi connectivity index (χ3n) is 3.99. The molecule has 0 radical (unpaired) electrons. The summed E-state index contributed by atoms with van der Waals surface area (Å²) in [5.74, 6) is 0.313. The summed E-state index contributed by atoms with van der Waals surface area (Å²) in [4.78, 5) is 24.1. The SMILES string of the molecule is CCc1nnsc1C(=O)N1CCCC(c2cncc(C)n2)C1. The van der Waals surface area contributed by atoms with E-state index < -0.39 is 0 Å². The molecule has 0 aliphatic carbocycles. The Balaban J connectivity index is 1.77. The molecule has 3 rings (SSSR count). The summed E-state index contributed by atoms with van der Waals surface area (Å²) in [6.07, 6.45) is 6.34. The maximum absolute atomic E-state index is 12.7. The van der Waals surface area contributed by atoms with E-state index >= 15 is 0 Å². The molecule has 0 bridgehead atoms. The zero-order chi connectivity index (χ0) is 15.5. The van der Waals surface area contributed by atoms with E-state index in [1.54, 1.807) is 6.20 Å². The number of carbonyl (C=O) groups excluding carboxylic acids is 1. The molecule has 22 heavy (non-hydrogen) atoms. The highest BCUT2D eigenvalue weighted by Crippen LogP contribution is 2.27. The van der Waals surface area contributed by atoms with Crippen molar-refractivity contribution >= 4 is 17.4 Å². The first-order chi connectivity index (χ1) is 10.7. The number of carbonyl (C=O) groups is 1. The molecule has 6 nitrogen and oxygen atoms in total. The maximum Gasteiger partial charge on any atom is 0.267 e. The first kappa shape index (κ1) is 15.0. The minimum absolute atomic E-state index is 0.0529. The lowest BCUT2D eigenvalue weighted by atomic mass is 9.94. The van der Waals surface area contributed by atoms with E-state index in [1.807, 2.05) is 24.9 Å². The average molecular weight is 317 g/mol. The summed E-state index contributed by atoms with van der Waals surface area (Å²) in [6, 6.07) is 0. The number of likely N-dealkylation sites (tertiary alicyclic amines) is 1. The summed E-state index contributed by atoms with van der Waals surface area (Å²) in [5.41, 5.74) is 2.70. The maximum atomic E-state index is 12.7. The van der Waals surface area contributed by atoms with Crippen molar-refractivity contribution in [2.45, 2.75) is 39.0 Å². The molecule has 1 saturated heterocycles. The standard InChI is InChI=1S/C15H19N5OS/c1-3-12-14(22-19-18-12)15(21)20-6-4-5-11(9-20)13-8-16-7-10(2)17-13/h7-8,11H,3-6,9H2,1-2H3. The molecule has 3 heterocycles. The van der Waals surface area contributed by atoms with Gasteiger partial charge in [-0.05, 0) is 37.7 Å². The van der Waals surface area contributed by atoms with Crippen LogP contribution in [0.2, 0.25) is 0 Å². The Morgan fingerprint density at radius 2 is 2.32 bits per heavy atom. The van der Waals surface area contributed by atoms with Gasteiger partial charge in [-0.15, -0.1) is 5.10 Å². The van der Waals surface area contributed by atoms with Gasteiger partial charge in [0.1, 0.15) is 4.88 Å². The van der Waals surface area contributed by atoms with Gasteiger partial charge in [-0.2, -0.15) is 0 Å². The normalized spacial score (nSPS) is 18.5. The lowest BCUT2D eigenvalue weighted by Gasteiger charge is -2.32. The second-order valence-corrected chi connectivity index (χ2v) is 6.33. The van der Waals surface area contributed by atoms with Crippen molar-refractivity contribution in [3.8, 4) is 0 Å². The van der Waals surface area contributed by atoms with Crippen molar-refractivity contribution in [1.82, 2.24) is 24.5 Å². The fourth-order valence-electron chi connectivity index (χ4n) is 2.83. The smallest absolute Gasteiger partial charge is 0.267 e. The topological polar surface area (TPSA) is 71.9 Å². The van der Waals surface area contributed by atoms with Crippen molar-refractivity contribution in [3.63, 3.8) is 0 Å². The molecule has 116 valence electrons. The molecular weight excluding hydrogens is 298 g/mol. The Kier molecular flexibility index (Phi) is 4.42. The summed E-state index contributed by atoms with van der Waals surface area (Å²) >= 11 is 1.20. The molecule has 1 aliphatic rings. The van der Waals surface area contributed by atoms with Crippen LogP contribution in [0.3, 0.4) is 0 Å². The van der Waals surface area contributed by atoms with Crippen LogP contribution in [0, 0.1) is 6.92 Å².